The average molecular weight is 285 g/mol. The van der Waals surface area contributed by atoms with Crippen molar-refractivity contribution in [1.29, 1.82) is 0 Å². The predicted octanol–water partition coefficient (Wildman–Crippen LogP) is 4.49. The smallest absolute Gasteiger partial charge is 0.396 e. The second kappa shape index (κ2) is 4.91. The summed E-state index contributed by atoms with van der Waals surface area (Å²) in [5, 5.41) is 2.42. The van der Waals surface area contributed by atoms with Gasteiger partial charge < -0.3 is 5.73 Å². The van der Waals surface area contributed by atoms with E-state index in [1.807, 2.05) is 0 Å². The predicted molar refractivity (Wildman–Crippen MR) is 58.8 cm³/mol. The molecule has 9 heteroatoms. The Kier molecular flexibility index (Phi) is 3.98. The number of halogens is 5. The van der Waals surface area contributed by atoms with Crippen LogP contribution >= 0.6 is 23.2 Å². The highest BCUT2D eigenvalue weighted by atomic mass is 35.5. The number of hydrogen-bond acceptors (Lipinski definition) is 2. The maximum Gasteiger partial charge on any atom is 0.401 e. The third-order valence-corrected chi connectivity index (χ3v) is 2.52. The summed E-state index contributed by atoms with van der Waals surface area (Å²) in [6.07, 6.45) is -4.73. The van der Waals surface area contributed by atoms with Gasteiger partial charge in [0.2, 0.25) is 0 Å². The number of nitrogen functional groups attached to an aromatic ring is 1. The van der Waals surface area contributed by atoms with E-state index in [2.05, 4.69) is 10.0 Å². The van der Waals surface area contributed by atoms with Crippen LogP contribution in [0.15, 0.2) is 17.2 Å². The zero-order valence-electron chi connectivity index (χ0n) is 8.04. The van der Waals surface area contributed by atoms with Crippen LogP contribution in [0, 0.1) is 0 Å². The van der Waals surface area contributed by atoms with Crippen molar-refractivity contribution < 1.29 is 13.2 Å². The summed E-state index contributed by atoms with van der Waals surface area (Å²) in [5.41, 5.74) is 13.1. The summed E-state index contributed by atoms with van der Waals surface area (Å²) in [5.74, 6) is 0. The summed E-state index contributed by atoms with van der Waals surface area (Å²) in [6, 6.07) is -0.409. The molecule has 0 saturated heterocycles. The van der Waals surface area contributed by atoms with Gasteiger partial charge in [-0.15, -0.1) is 0 Å². The Labute approximate surface area is 104 Å². The minimum atomic E-state index is -4.73. The van der Waals surface area contributed by atoms with Crippen LogP contribution in [0.25, 0.3) is 10.4 Å². The zero-order valence-corrected chi connectivity index (χ0v) is 9.55. The van der Waals surface area contributed by atoms with Crippen LogP contribution in [0.4, 0.5) is 18.9 Å². The first-order chi connectivity index (χ1) is 7.77. The molecule has 1 atom stereocenters. The van der Waals surface area contributed by atoms with Crippen LogP contribution in [0.2, 0.25) is 10.0 Å². The molecule has 1 aromatic rings. The fourth-order valence-corrected chi connectivity index (χ4v) is 1.64. The molecule has 1 unspecified atom stereocenters. The Morgan fingerprint density at radius 3 is 2.12 bits per heavy atom. The van der Waals surface area contributed by atoms with Gasteiger partial charge in [-0.1, -0.05) is 28.3 Å². The van der Waals surface area contributed by atoms with Gasteiger partial charge in [0, 0.05) is 4.91 Å². The number of nitrogens with two attached hydrogens (primary N) is 1. The largest absolute Gasteiger partial charge is 0.401 e. The van der Waals surface area contributed by atoms with Crippen molar-refractivity contribution in [3.05, 3.63) is 38.2 Å². The van der Waals surface area contributed by atoms with Gasteiger partial charge in [0.15, 0.2) is 6.04 Å². The van der Waals surface area contributed by atoms with Crippen molar-refractivity contribution in [2.75, 3.05) is 5.73 Å². The lowest BCUT2D eigenvalue weighted by molar-refractivity contribution is -0.148. The first-order valence-corrected chi connectivity index (χ1v) is 4.88. The summed E-state index contributed by atoms with van der Waals surface area (Å²) in [6.45, 7) is 0. The van der Waals surface area contributed by atoms with Gasteiger partial charge in [-0.2, -0.15) is 13.2 Å². The summed E-state index contributed by atoms with van der Waals surface area (Å²) in [4.78, 5) is 2.15. The van der Waals surface area contributed by atoms with Crippen molar-refractivity contribution in [1.82, 2.24) is 0 Å². The van der Waals surface area contributed by atoms with Gasteiger partial charge in [-0.3, -0.25) is 0 Å². The maximum atomic E-state index is 12.6. The van der Waals surface area contributed by atoms with Crippen molar-refractivity contribution in [3.8, 4) is 0 Å². The number of azide groups is 1. The van der Waals surface area contributed by atoms with E-state index in [0.29, 0.717) is 0 Å². The van der Waals surface area contributed by atoms with E-state index in [0.717, 1.165) is 12.1 Å². The summed E-state index contributed by atoms with van der Waals surface area (Å²) in [7, 11) is 0. The van der Waals surface area contributed by atoms with Crippen LogP contribution in [0.3, 0.4) is 0 Å². The molecule has 0 spiro atoms. The fraction of sp³-hybridized carbons (Fsp3) is 0.250. The van der Waals surface area contributed by atoms with E-state index in [1.54, 1.807) is 0 Å². The Bertz CT molecular complexity index is 459. The summed E-state index contributed by atoms with van der Waals surface area (Å²) < 4.78 is 37.7. The molecule has 0 aliphatic heterocycles. The quantitative estimate of drug-likeness (QED) is 0.369. The van der Waals surface area contributed by atoms with E-state index in [9.17, 15) is 13.2 Å². The molecule has 0 aliphatic rings. The third kappa shape index (κ3) is 3.09. The molecule has 0 aromatic heterocycles. The second-order valence-electron chi connectivity index (χ2n) is 3.05. The van der Waals surface area contributed by atoms with Crippen molar-refractivity contribution >= 4 is 28.9 Å². The van der Waals surface area contributed by atoms with Crippen LogP contribution in [0.1, 0.15) is 11.6 Å². The Balaban J connectivity index is 3.35. The van der Waals surface area contributed by atoms with Gasteiger partial charge in [0.1, 0.15) is 0 Å². The van der Waals surface area contributed by atoms with Crippen LogP contribution in [-0.2, 0) is 0 Å². The molecule has 17 heavy (non-hydrogen) atoms. The normalized spacial score (nSPS) is 13.0. The lowest BCUT2D eigenvalue weighted by Crippen LogP contribution is -2.18. The number of alkyl halides is 3. The first kappa shape index (κ1) is 13.8. The van der Waals surface area contributed by atoms with Crippen LogP contribution in [-0.4, -0.2) is 6.18 Å². The van der Waals surface area contributed by atoms with Gasteiger partial charge in [0.05, 0.1) is 15.7 Å². The number of benzene rings is 1. The molecule has 1 rings (SSSR count). The van der Waals surface area contributed by atoms with Crippen LogP contribution < -0.4 is 5.73 Å². The van der Waals surface area contributed by atoms with E-state index >= 15 is 0 Å². The molecular weight excluding hydrogens is 280 g/mol. The highest BCUT2D eigenvalue weighted by molar-refractivity contribution is 6.38. The monoisotopic (exact) mass is 284 g/mol. The molecule has 2 N–H and O–H groups in total. The minimum Gasteiger partial charge on any atom is -0.396 e. The lowest BCUT2D eigenvalue weighted by atomic mass is 10.1. The molecule has 0 saturated carbocycles. The molecule has 0 heterocycles. The topological polar surface area (TPSA) is 74.8 Å². The fourth-order valence-electron chi connectivity index (χ4n) is 1.13. The maximum absolute atomic E-state index is 12.6. The third-order valence-electron chi connectivity index (χ3n) is 1.89. The number of anilines is 1. The molecular formula is C8H5Cl2F3N4. The molecule has 0 bridgehead atoms. The standard InChI is InChI=1S/C8H5Cl2F3N4/c9-4-1-3(2-5(10)6(4)14)7(16-17-15)8(11,12)13/h1-2,7H,14H2. The van der Waals surface area contributed by atoms with E-state index < -0.39 is 12.2 Å². The second-order valence-corrected chi connectivity index (χ2v) is 3.86. The molecule has 0 aliphatic carbocycles. The van der Waals surface area contributed by atoms with Crippen LogP contribution in [0.5, 0.6) is 0 Å². The van der Waals surface area contributed by atoms with Gasteiger partial charge in [-0.05, 0) is 23.2 Å². The summed E-state index contributed by atoms with van der Waals surface area (Å²) >= 11 is 11.2. The Hall–Kier alpha value is -1.30. The SMILES string of the molecule is [N-]=[N+]=NC(c1cc(Cl)c(N)c(Cl)c1)C(F)(F)F. The number of rotatable bonds is 2. The number of hydrogen-bond donors (Lipinski definition) is 1. The minimum absolute atomic E-state index is 0.0288. The molecule has 0 radical (unpaired) electrons. The molecule has 1 aromatic carbocycles. The molecule has 4 nitrogen and oxygen atoms in total. The molecule has 0 fully saturated rings. The van der Waals surface area contributed by atoms with Gasteiger partial charge >= 0.3 is 6.18 Å². The van der Waals surface area contributed by atoms with E-state index in [1.165, 1.54) is 0 Å². The van der Waals surface area contributed by atoms with Crippen molar-refractivity contribution in [3.63, 3.8) is 0 Å². The van der Waals surface area contributed by atoms with Crippen molar-refractivity contribution in [2.45, 2.75) is 12.2 Å². The Morgan fingerprint density at radius 2 is 1.76 bits per heavy atom. The average Bonchev–Trinajstić information content (AvgIpc) is 2.20. The zero-order chi connectivity index (χ0) is 13.2. The van der Waals surface area contributed by atoms with E-state index in [4.69, 9.17) is 34.5 Å². The van der Waals surface area contributed by atoms with Gasteiger partial charge in [0.25, 0.3) is 0 Å². The highest BCUT2D eigenvalue weighted by Gasteiger charge is 2.40. The highest BCUT2D eigenvalue weighted by Crippen LogP contribution is 2.40. The van der Waals surface area contributed by atoms with E-state index in [-0.39, 0.29) is 21.3 Å². The van der Waals surface area contributed by atoms with Crippen molar-refractivity contribution in [2.24, 2.45) is 5.11 Å². The van der Waals surface area contributed by atoms with Gasteiger partial charge in [-0.25, -0.2) is 0 Å². The number of nitrogens with zero attached hydrogens (tertiary/aromatic N) is 3. The lowest BCUT2D eigenvalue weighted by Gasteiger charge is -2.16. The molecule has 0 amide bonds. The first-order valence-electron chi connectivity index (χ1n) is 4.12. The molecule has 92 valence electrons. The Morgan fingerprint density at radius 1 is 1.29 bits per heavy atom.